The molecule has 0 amide bonds. The number of aryl methyl sites for hydroxylation is 3. The highest BCUT2D eigenvalue weighted by molar-refractivity contribution is 7.18. The van der Waals surface area contributed by atoms with E-state index in [0.717, 1.165) is 39.5 Å². The maximum Gasteiger partial charge on any atom is 0.225 e. The molecular formula is C14H15ClN4OS. The Kier molecular flexibility index (Phi) is 3.82. The van der Waals surface area contributed by atoms with Crippen molar-refractivity contribution in [3.63, 3.8) is 0 Å². The third-order valence-electron chi connectivity index (χ3n) is 3.38. The second-order valence-electron chi connectivity index (χ2n) is 4.78. The SMILES string of the molecule is CCc1cc2c(NCc3c(C)noc3C)nc(Cl)nc2s1. The minimum absolute atomic E-state index is 0.258. The highest BCUT2D eigenvalue weighted by Crippen LogP contribution is 2.30. The number of nitrogens with one attached hydrogen (secondary N) is 1. The Labute approximate surface area is 131 Å². The van der Waals surface area contributed by atoms with Crippen LogP contribution in [0.25, 0.3) is 10.2 Å². The van der Waals surface area contributed by atoms with Gasteiger partial charge in [0.25, 0.3) is 0 Å². The third kappa shape index (κ3) is 2.73. The van der Waals surface area contributed by atoms with Crippen LogP contribution in [-0.4, -0.2) is 15.1 Å². The van der Waals surface area contributed by atoms with Crippen molar-refractivity contribution in [2.75, 3.05) is 5.32 Å². The summed E-state index contributed by atoms with van der Waals surface area (Å²) in [6, 6.07) is 2.12. The van der Waals surface area contributed by atoms with E-state index in [1.807, 2.05) is 13.8 Å². The van der Waals surface area contributed by atoms with E-state index in [-0.39, 0.29) is 5.28 Å². The van der Waals surface area contributed by atoms with Crippen LogP contribution < -0.4 is 5.32 Å². The Morgan fingerprint density at radius 1 is 1.33 bits per heavy atom. The van der Waals surface area contributed by atoms with Gasteiger partial charge < -0.3 is 9.84 Å². The smallest absolute Gasteiger partial charge is 0.225 e. The van der Waals surface area contributed by atoms with Gasteiger partial charge in [0.15, 0.2) is 0 Å². The number of halogens is 1. The lowest BCUT2D eigenvalue weighted by atomic mass is 10.2. The fourth-order valence-electron chi connectivity index (χ4n) is 2.18. The largest absolute Gasteiger partial charge is 0.365 e. The van der Waals surface area contributed by atoms with Crippen LogP contribution in [0.4, 0.5) is 5.82 Å². The van der Waals surface area contributed by atoms with E-state index in [2.05, 4.69) is 33.4 Å². The van der Waals surface area contributed by atoms with Gasteiger partial charge in [-0.25, -0.2) is 9.97 Å². The second kappa shape index (κ2) is 5.61. The topological polar surface area (TPSA) is 63.8 Å². The number of thiophene rings is 1. The van der Waals surface area contributed by atoms with Crippen molar-refractivity contribution in [1.29, 1.82) is 0 Å². The first-order chi connectivity index (χ1) is 10.1. The minimum Gasteiger partial charge on any atom is -0.365 e. The van der Waals surface area contributed by atoms with Crippen LogP contribution in [-0.2, 0) is 13.0 Å². The first kappa shape index (κ1) is 14.3. The Bertz CT molecular complexity index is 776. The molecule has 0 aliphatic heterocycles. The molecule has 0 unspecified atom stereocenters. The Balaban J connectivity index is 1.94. The Morgan fingerprint density at radius 3 is 2.81 bits per heavy atom. The van der Waals surface area contributed by atoms with Crippen LogP contribution in [0.5, 0.6) is 0 Å². The first-order valence-electron chi connectivity index (χ1n) is 6.70. The molecular weight excluding hydrogens is 308 g/mol. The van der Waals surface area contributed by atoms with Gasteiger partial charge in [-0.05, 0) is 37.9 Å². The fourth-order valence-corrected chi connectivity index (χ4v) is 3.37. The van der Waals surface area contributed by atoms with Gasteiger partial charge in [0.05, 0.1) is 11.1 Å². The van der Waals surface area contributed by atoms with E-state index in [1.54, 1.807) is 11.3 Å². The summed E-state index contributed by atoms with van der Waals surface area (Å²) in [5, 5.41) is 8.54. The summed E-state index contributed by atoms with van der Waals surface area (Å²) < 4.78 is 5.17. The molecule has 21 heavy (non-hydrogen) atoms. The van der Waals surface area contributed by atoms with Crippen LogP contribution in [0.1, 0.15) is 28.8 Å². The predicted molar refractivity (Wildman–Crippen MR) is 85.1 cm³/mol. The highest BCUT2D eigenvalue weighted by Gasteiger charge is 2.13. The first-order valence-corrected chi connectivity index (χ1v) is 7.89. The lowest BCUT2D eigenvalue weighted by Gasteiger charge is -2.06. The molecule has 0 atom stereocenters. The van der Waals surface area contributed by atoms with Crippen molar-refractivity contribution in [3.8, 4) is 0 Å². The molecule has 0 saturated carbocycles. The zero-order chi connectivity index (χ0) is 15.0. The number of fused-ring (bicyclic) bond motifs is 1. The molecule has 0 radical (unpaired) electrons. The van der Waals surface area contributed by atoms with Crippen molar-refractivity contribution in [2.45, 2.75) is 33.7 Å². The van der Waals surface area contributed by atoms with Gasteiger partial charge in [-0.3, -0.25) is 0 Å². The zero-order valence-corrected chi connectivity index (χ0v) is 13.6. The van der Waals surface area contributed by atoms with Gasteiger partial charge in [0, 0.05) is 17.0 Å². The summed E-state index contributed by atoms with van der Waals surface area (Å²) in [5.41, 5.74) is 1.93. The molecule has 0 fully saturated rings. The number of nitrogens with zero attached hydrogens (tertiary/aromatic N) is 3. The fraction of sp³-hybridized carbons (Fsp3) is 0.357. The van der Waals surface area contributed by atoms with E-state index in [4.69, 9.17) is 16.1 Å². The summed E-state index contributed by atoms with van der Waals surface area (Å²) >= 11 is 7.66. The van der Waals surface area contributed by atoms with E-state index in [1.165, 1.54) is 4.88 Å². The molecule has 0 aromatic carbocycles. The molecule has 7 heteroatoms. The summed E-state index contributed by atoms with van der Waals surface area (Å²) in [6.45, 7) is 6.55. The van der Waals surface area contributed by atoms with Gasteiger partial charge in [0.2, 0.25) is 5.28 Å². The molecule has 3 heterocycles. The standard InChI is InChI=1S/C14H15ClN4OS/c1-4-9-5-10-12(17-14(15)18-13(10)21-9)16-6-11-7(2)19-20-8(11)3/h5H,4,6H2,1-3H3,(H,16,17,18). The second-order valence-corrected chi connectivity index (χ2v) is 6.24. The highest BCUT2D eigenvalue weighted by atomic mass is 35.5. The molecule has 0 aliphatic carbocycles. The van der Waals surface area contributed by atoms with Crippen molar-refractivity contribution in [1.82, 2.24) is 15.1 Å². The van der Waals surface area contributed by atoms with Crippen molar-refractivity contribution >= 4 is 39.0 Å². The molecule has 1 N–H and O–H groups in total. The maximum atomic E-state index is 6.01. The van der Waals surface area contributed by atoms with Gasteiger partial charge in [-0.2, -0.15) is 0 Å². The molecule has 0 bridgehead atoms. The van der Waals surface area contributed by atoms with Crippen LogP contribution >= 0.6 is 22.9 Å². The Hall–Kier alpha value is -1.66. The number of hydrogen-bond acceptors (Lipinski definition) is 6. The van der Waals surface area contributed by atoms with E-state index in [0.29, 0.717) is 6.54 Å². The normalized spacial score (nSPS) is 11.2. The van der Waals surface area contributed by atoms with Crippen LogP contribution in [0.2, 0.25) is 5.28 Å². The molecule has 0 saturated heterocycles. The van der Waals surface area contributed by atoms with E-state index < -0.39 is 0 Å². The van der Waals surface area contributed by atoms with Crippen LogP contribution in [0.3, 0.4) is 0 Å². The van der Waals surface area contributed by atoms with Gasteiger partial charge in [0.1, 0.15) is 16.4 Å². The summed E-state index contributed by atoms with van der Waals surface area (Å²) in [6.07, 6.45) is 0.974. The molecule has 0 aliphatic rings. The van der Waals surface area contributed by atoms with E-state index >= 15 is 0 Å². The number of anilines is 1. The number of aromatic nitrogens is 3. The molecule has 3 rings (SSSR count). The third-order valence-corrected chi connectivity index (χ3v) is 4.72. The summed E-state index contributed by atoms with van der Waals surface area (Å²) in [5.74, 6) is 1.57. The van der Waals surface area contributed by atoms with Crippen LogP contribution in [0.15, 0.2) is 10.6 Å². The lowest BCUT2D eigenvalue weighted by molar-refractivity contribution is 0.392. The molecule has 3 aromatic heterocycles. The number of hydrogen-bond donors (Lipinski definition) is 1. The van der Waals surface area contributed by atoms with Crippen LogP contribution in [0, 0.1) is 13.8 Å². The van der Waals surface area contributed by atoms with Gasteiger partial charge in [-0.1, -0.05) is 12.1 Å². The zero-order valence-electron chi connectivity index (χ0n) is 12.0. The van der Waals surface area contributed by atoms with Crippen molar-refractivity contribution < 1.29 is 4.52 Å². The van der Waals surface area contributed by atoms with Crippen molar-refractivity contribution in [2.24, 2.45) is 0 Å². The Morgan fingerprint density at radius 2 is 2.14 bits per heavy atom. The van der Waals surface area contributed by atoms with E-state index in [9.17, 15) is 0 Å². The summed E-state index contributed by atoms with van der Waals surface area (Å²) in [4.78, 5) is 10.8. The number of rotatable bonds is 4. The summed E-state index contributed by atoms with van der Waals surface area (Å²) in [7, 11) is 0. The minimum atomic E-state index is 0.258. The average molecular weight is 323 g/mol. The van der Waals surface area contributed by atoms with Gasteiger partial charge >= 0.3 is 0 Å². The molecule has 5 nitrogen and oxygen atoms in total. The maximum absolute atomic E-state index is 6.01. The lowest BCUT2D eigenvalue weighted by Crippen LogP contribution is -2.04. The quantitative estimate of drug-likeness (QED) is 0.732. The molecule has 0 spiro atoms. The average Bonchev–Trinajstić information content (AvgIpc) is 3.00. The molecule has 3 aromatic rings. The predicted octanol–water partition coefficient (Wildman–Crippen LogP) is 4.12. The van der Waals surface area contributed by atoms with Gasteiger partial charge in [-0.15, -0.1) is 11.3 Å². The monoisotopic (exact) mass is 322 g/mol. The molecule has 110 valence electrons. The van der Waals surface area contributed by atoms with Crippen molar-refractivity contribution in [3.05, 3.63) is 33.2 Å².